The Labute approximate surface area is 132 Å². The molecule has 0 N–H and O–H groups in total. The van der Waals surface area contributed by atoms with E-state index >= 15 is 0 Å². The fourth-order valence-corrected chi connectivity index (χ4v) is 3.57. The van der Waals surface area contributed by atoms with Crippen LogP contribution in [0.3, 0.4) is 0 Å². The Morgan fingerprint density at radius 1 is 1.09 bits per heavy atom. The molecular weight excluding hydrogens is 272 g/mol. The molecule has 2 atom stereocenters. The summed E-state index contributed by atoms with van der Waals surface area (Å²) in [7, 11) is 0. The first-order valence-electron chi connectivity index (χ1n) is 8.44. The van der Waals surface area contributed by atoms with Crippen LogP contribution in [-0.4, -0.2) is 12.1 Å². The Kier molecular flexibility index (Phi) is 4.77. The summed E-state index contributed by atoms with van der Waals surface area (Å²) >= 11 is 0. The maximum absolute atomic E-state index is 11.7. The minimum atomic E-state index is -0.0604. The lowest BCUT2D eigenvalue weighted by Crippen LogP contribution is -2.31. The zero-order chi connectivity index (χ0) is 15.4. The second kappa shape index (κ2) is 6.95. The van der Waals surface area contributed by atoms with Gasteiger partial charge in [-0.25, -0.2) is 0 Å². The Bertz CT molecular complexity index is 642. The van der Waals surface area contributed by atoms with Gasteiger partial charge in [-0.05, 0) is 47.9 Å². The first-order valence-corrected chi connectivity index (χ1v) is 8.44. The Balaban J connectivity index is 1.81. The van der Waals surface area contributed by atoms with Gasteiger partial charge in [0, 0.05) is 6.42 Å². The molecule has 116 valence electrons. The fraction of sp³-hybridized carbons (Fsp3) is 0.450. The standard InChI is InChI=1S/C20H24O2/c1-2-20(21)22-19-13-6-4-9-17(19)14-16-11-7-10-15-8-3-5-12-18(15)16/h3,5,7-8,10-12,17,19H,2,4,6,9,13-14H2,1H3. The maximum Gasteiger partial charge on any atom is 0.305 e. The zero-order valence-corrected chi connectivity index (χ0v) is 13.3. The van der Waals surface area contributed by atoms with E-state index in [-0.39, 0.29) is 12.1 Å². The lowest BCUT2D eigenvalue weighted by Gasteiger charge is -2.31. The molecule has 1 aliphatic rings. The minimum absolute atomic E-state index is 0.0604. The van der Waals surface area contributed by atoms with Crippen LogP contribution in [0.4, 0.5) is 0 Å². The van der Waals surface area contributed by atoms with E-state index in [1.807, 2.05) is 6.92 Å². The molecule has 2 unspecified atom stereocenters. The van der Waals surface area contributed by atoms with Crippen LogP contribution in [0.25, 0.3) is 10.8 Å². The predicted octanol–water partition coefficient (Wildman–Crippen LogP) is 4.89. The third kappa shape index (κ3) is 3.32. The SMILES string of the molecule is CCC(=O)OC1CCCCC1Cc1cccc2ccccc12. The van der Waals surface area contributed by atoms with Crippen LogP contribution >= 0.6 is 0 Å². The first-order chi connectivity index (χ1) is 10.8. The summed E-state index contributed by atoms with van der Waals surface area (Å²) in [4.78, 5) is 11.7. The fourth-order valence-electron chi connectivity index (χ4n) is 3.57. The van der Waals surface area contributed by atoms with Crippen LogP contribution in [0, 0.1) is 5.92 Å². The maximum atomic E-state index is 11.7. The molecule has 1 aliphatic carbocycles. The van der Waals surface area contributed by atoms with Gasteiger partial charge in [-0.15, -0.1) is 0 Å². The van der Waals surface area contributed by atoms with Crippen LogP contribution in [0.5, 0.6) is 0 Å². The van der Waals surface area contributed by atoms with Gasteiger partial charge in [0.15, 0.2) is 0 Å². The van der Waals surface area contributed by atoms with E-state index in [1.165, 1.54) is 29.2 Å². The van der Waals surface area contributed by atoms with E-state index in [0.29, 0.717) is 12.3 Å². The lowest BCUT2D eigenvalue weighted by atomic mass is 9.81. The molecule has 22 heavy (non-hydrogen) atoms. The van der Waals surface area contributed by atoms with E-state index in [2.05, 4.69) is 42.5 Å². The third-order valence-electron chi connectivity index (χ3n) is 4.77. The van der Waals surface area contributed by atoms with Gasteiger partial charge in [0.05, 0.1) is 0 Å². The average Bonchev–Trinajstić information content (AvgIpc) is 2.57. The number of carbonyl (C=O) groups excluding carboxylic acids is 1. The molecule has 2 nitrogen and oxygen atoms in total. The molecule has 0 radical (unpaired) electrons. The van der Waals surface area contributed by atoms with Gasteiger partial charge in [0.2, 0.25) is 0 Å². The van der Waals surface area contributed by atoms with Gasteiger partial charge in [0.25, 0.3) is 0 Å². The molecule has 0 bridgehead atoms. The highest BCUT2D eigenvalue weighted by Gasteiger charge is 2.28. The summed E-state index contributed by atoms with van der Waals surface area (Å²) < 4.78 is 5.70. The van der Waals surface area contributed by atoms with Crippen molar-refractivity contribution in [3.8, 4) is 0 Å². The summed E-state index contributed by atoms with van der Waals surface area (Å²) in [5.74, 6) is 0.393. The van der Waals surface area contributed by atoms with Gasteiger partial charge in [-0.1, -0.05) is 55.8 Å². The molecule has 1 fully saturated rings. The molecule has 0 heterocycles. The number of benzene rings is 2. The van der Waals surface area contributed by atoms with Crippen LogP contribution in [0.1, 0.15) is 44.6 Å². The molecule has 1 saturated carbocycles. The number of carbonyl (C=O) groups is 1. The number of esters is 1. The molecular formula is C20H24O2. The van der Waals surface area contributed by atoms with Gasteiger partial charge in [-0.3, -0.25) is 4.79 Å². The molecule has 0 amide bonds. The highest BCUT2D eigenvalue weighted by molar-refractivity contribution is 5.85. The van der Waals surface area contributed by atoms with Crippen molar-refractivity contribution >= 4 is 16.7 Å². The van der Waals surface area contributed by atoms with E-state index in [4.69, 9.17) is 4.74 Å². The number of fused-ring (bicyclic) bond motifs is 1. The van der Waals surface area contributed by atoms with Crippen molar-refractivity contribution in [3.05, 3.63) is 48.0 Å². The van der Waals surface area contributed by atoms with Crippen molar-refractivity contribution in [2.75, 3.05) is 0 Å². The molecule has 0 aromatic heterocycles. The summed E-state index contributed by atoms with van der Waals surface area (Å²) in [6, 6.07) is 15.0. The number of hydrogen-bond donors (Lipinski definition) is 0. The number of hydrogen-bond acceptors (Lipinski definition) is 2. The van der Waals surface area contributed by atoms with Gasteiger partial charge < -0.3 is 4.74 Å². The summed E-state index contributed by atoms with van der Waals surface area (Å²) in [6.07, 6.45) is 6.16. The largest absolute Gasteiger partial charge is 0.462 e. The first kappa shape index (κ1) is 15.1. The topological polar surface area (TPSA) is 26.3 Å². The zero-order valence-electron chi connectivity index (χ0n) is 13.3. The van der Waals surface area contributed by atoms with E-state index in [1.54, 1.807) is 0 Å². The summed E-state index contributed by atoms with van der Waals surface area (Å²) in [5.41, 5.74) is 1.38. The highest BCUT2D eigenvalue weighted by Crippen LogP contribution is 2.32. The number of ether oxygens (including phenoxy) is 1. The van der Waals surface area contributed by atoms with Crippen LogP contribution in [0.2, 0.25) is 0 Å². The monoisotopic (exact) mass is 296 g/mol. The molecule has 3 rings (SSSR count). The predicted molar refractivity (Wildman–Crippen MR) is 89.8 cm³/mol. The van der Waals surface area contributed by atoms with Crippen molar-refractivity contribution in [1.29, 1.82) is 0 Å². The summed E-state index contributed by atoms with van der Waals surface area (Å²) in [6.45, 7) is 1.87. The van der Waals surface area contributed by atoms with Crippen molar-refractivity contribution in [3.63, 3.8) is 0 Å². The number of rotatable bonds is 4. The smallest absolute Gasteiger partial charge is 0.305 e. The van der Waals surface area contributed by atoms with E-state index in [0.717, 1.165) is 19.3 Å². The van der Waals surface area contributed by atoms with Crippen molar-refractivity contribution in [2.24, 2.45) is 5.92 Å². The molecule has 2 heteroatoms. The Morgan fingerprint density at radius 2 is 1.86 bits per heavy atom. The normalized spacial score (nSPS) is 21.7. The molecule has 2 aromatic carbocycles. The quantitative estimate of drug-likeness (QED) is 0.750. The molecule has 0 spiro atoms. The molecule has 2 aromatic rings. The van der Waals surface area contributed by atoms with Crippen molar-refractivity contribution in [1.82, 2.24) is 0 Å². The average molecular weight is 296 g/mol. The molecule has 0 aliphatic heterocycles. The Hall–Kier alpha value is -1.83. The van der Waals surface area contributed by atoms with E-state index < -0.39 is 0 Å². The lowest BCUT2D eigenvalue weighted by molar-refractivity contribution is -0.153. The van der Waals surface area contributed by atoms with E-state index in [9.17, 15) is 4.79 Å². The van der Waals surface area contributed by atoms with Gasteiger partial charge >= 0.3 is 5.97 Å². The van der Waals surface area contributed by atoms with Crippen molar-refractivity contribution < 1.29 is 9.53 Å². The van der Waals surface area contributed by atoms with Crippen molar-refractivity contribution in [2.45, 2.75) is 51.6 Å². The summed E-state index contributed by atoms with van der Waals surface area (Å²) in [5, 5.41) is 2.62. The van der Waals surface area contributed by atoms with Crippen LogP contribution in [-0.2, 0) is 16.0 Å². The highest BCUT2D eigenvalue weighted by atomic mass is 16.5. The molecule has 0 saturated heterocycles. The third-order valence-corrected chi connectivity index (χ3v) is 4.77. The van der Waals surface area contributed by atoms with Gasteiger partial charge in [0.1, 0.15) is 6.10 Å². The second-order valence-corrected chi connectivity index (χ2v) is 6.27. The van der Waals surface area contributed by atoms with Gasteiger partial charge in [-0.2, -0.15) is 0 Å². The minimum Gasteiger partial charge on any atom is -0.462 e. The Morgan fingerprint density at radius 3 is 2.73 bits per heavy atom. The second-order valence-electron chi connectivity index (χ2n) is 6.27. The van der Waals surface area contributed by atoms with Crippen LogP contribution < -0.4 is 0 Å². The van der Waals surface area contributed by atoms with Crippen LogP contribution in [0.15, 0.2) is 42.5 Å².